The fourth-order valence-electron chi connectivity index (χ4n) is 0.352. The smallest absolute Gasteiger partial charge is 0.108 e. The van der Waals surface area contributed by atoms with Crippen molar-refractivity contribution in [3.63, 3.8) is 0 Å². The molecule has 2 unspecified atom stereocenters. The van der Waals surface area contributed by atoms with Gasteiger partial charge in [-0.3, -0.25) is 0 Å². The van der Waals surface area contributed by atoms with E-state index >= 15 is 0 Å². The third kappa shape index (κ3) is 1.07. The summed E-state index contributed by atoms with van der Waals surface area (Å²) >= 11 is 0. The first-order valence-electron chi connectivity index (χ1n) is 2.53. The molecule has 0 aromatic heterocycles. The Bertz CT molecular complexity index is 97.3. The highest BCUT2D eigenvalue weighted by atomic mass is 31.1. The Labute approximate surface area is 50.5 Å². The Balaban J connectivity index is 2.41. The molecular formula is C3H6BOPSi. The third-order valence-corrected chi connectivity index (χ3v) is 3.82. The van der Waals surface area contributed by atoms with Crippen molar-refractivity contribution in [3.8, 4) is 0 Å². The minimum atomic E-state index is -1.09. The summed E-state index contributed by atoms with van der Waals surface area (Å²) in [6, 6.07) is 0. The first-order valence-corrected chi connectivity index (χ1v) is 4.54. The van der Waals surface area contributed by atoms with Gasteiger partial charge in [0, 0.05) is 1.28 Å². The first-order chi connectivity index (χ1) is 3.71. The van der Waals surface area contributed by atoms with E-state index in [0.29, 0.717) is 16.1 Å². The maximum atomic E-state index is 7.17. The molecule has 0 bridgehead atoms. The van der Waals surface area contributed by atoms with Gasteiger partial charge in [0.2, 0.25) is 0 Å². The molecule has 0 aromatic rings. The molecule has 0 saturated carbocycles. The molecule has 1 saturated heterocycles. The van der Waals surface area contributed by atoms with Crippen LogP contribution in [0.3, 0.4) is 0 Å². The van der Waals surface area contributed by atoms with Crippen LogP contribution < -0.4 is 0 Å². The van der Waals surface area contributed by atoms with Gasteiger partial charge < -0.3 is 4.74 Å². The van der Waals surface area contributed by atoms with Crippen LogP contribution in [0.4, 0.5) is 0 Å². The molecule has 1 heterocycles. The first kappa shape index (κ1) is 4.54. The van der Waals surface area contributed by atoms with Crippen LogP contribution in [0.25, 0.3) is 0 Å². The predicted octanol–water partition coefficient (Wildman–Crippen LogP) is 0.185. The number of hydrogen-bond donors (Lipinski definition) is 0. The minimum Gasteiger partial charge on any atom is -0.371 e. The van der Waals surface area contributed by atoms with E-state index in [1.165, 1.54) is 0 Å². The van der Waals surface area contributed by atoms with Crippen molar-refractivity contribution in [1.29, 1.82) is 1.28 Å². The monoisotopic (exact) mass is 129 g/mol. The van der Waals surface area contributed by atoms with Gasteiger partial charge in [0.15, 0.2) is 0 Å². The SMILES string of the molecule is [2H]P([B])C1([Si]C)CO1. The summed E-state index contributed by atoms with van der Waals surface area (Å²) in [7, 11) is 4.93. The molecule has 0 amide bonds. The number of ether oxygens (including phenoxy) is 1. The van der Waals surface area contributed by atoms with Gasteiger partial charge in [-0.25, -0.2) is 0 Å². The van der Waals surface area contributed by atoms with Crippen molar-refractivity contribution in [3.05, 3.63) is 0 Å². The second kappa shape index (κ2) is 1.88. The zero-order chi connectivity index (χ0) is 6.20. The van der Waals surface area contributed by atoms with Gasteiger partial charge in [0.25, 0.3) is 0 Å². The molecule has 7 heavy (non-hydrogen) atoms. The van der Waals surface area contributed by atoms with Crippen molar-refractivity contribution in [2.75, 3.05) is 6.61 Å². The normalized spacial score (nSPS) is 45.0. The number of epoxide rings is 1. The second-order valence-corrected chi connectivity index (χ2v) is 4.16. The van der Waals surface area contributed by atoms with Gasteiger partial charge in [0.1, 0.15) is 7.57 Å². The van der Waals surface area contributed by atoms with E-state index in [0.717, 1.165) is 0 Å². The fraction of sp³-hybridized carbons (Fsp3) is 1.00. The van der Waals surface area contributed by atoms with Gasteiger partial charge in [-0.05, 0) is 0 Å². The highest BCUT2D eigenvalue weighted by Gasteiger charge is 2.40. The lowest BCUT2D eigenvalue weighted by Crippen LogP contribution is -2.09. The van der Waals surface area contributed by atoms with Gasteiger partial charge in [0.05, 0.1) is 21.1 Å². The van der Waals surface area contributed by atoms with Gasteiger partial charge in [-0.15, -0.1) is 8.40 Å². The maximum Gasteiger partial charge on any atom is 0.108 e. The molecule has 1 aliphatic heterocycles. The highest BCUT2D eigenvalue weighted by molar-refractivity contribution is 7.69. The lowest BCUT2D eigenvalue weighted by molar-refractivity contribution is 0.438. The average Bonchev–Trinajstić information content (AvgIpc) is 2.44. The number of hydrogen-bond acceptors (Lipinski definition) is 1. The molecule has 0 aliphatic carbocycles. The van der Waals surface area contributed by atoms with E-state index in [4.69, 9.17) is 13.6 Å². The average molecular weight is 129 g/mol. The lowest BCUT2D eigenvalue weighted by Gasteiger charge is -2.00. The summed E-state index contributed by atoms with van der Waals surface area (Å²) in [5.41, 5.74) is 0. The molecule has 1 rings (SSSR count). The van der Waals surface area contributed by atoms with Gasteiger partial charge >= 0.3 is 0 Å². The summed E-state index contributed by atoms with van der Waals surface area (Å²) in [5, 5.41) is 0. The van der Waals surface area contributed by atoms with Crippen LogP contribution in [0.1, 0.15) is 0 Å². The van der Waals surface area contributed by atoms with Crippen LogP contribution in [-0.4, -0.2) is 29.9 Å². The Morgan fingerprint density at radius 1 is 2.29 bits per heavy atom. The third-order valence-electron chi connectivity index (χ3n) is 1.02. The van der Waals surface area contributed by atoms with Crippen LogP contribution in [0.15, 0.2) is 0 Å². The van der Waals surface area contributed by atoms with E-state index in [-0.39, 0.29) is 4.97 Å². The van der Waals surface area contributed by atoms with Crippen LogP contribution in [-0.2, 0) is 4.74 Å². The van der Waals surface area contributed by atoms with Crippen molar-refractivity contribution < 1.29 is 4.74 Å². The zero-order valence-corrected chi connectivity index (χ0v) is 6.03. The second-order valence-electron chi connectivity index (χ2n) is 1.45. The van der Waals surface area contributed by atoms with E-state index in [2.05, 4.69) is 0 Å². The topological polar surface area (TPSA) is 12.5 Å². The van der Waals surface area contributed by atoms with E-state index < -0.39 is 8.40 Å². The Morgan fingerprint density at radius 3 is 2.86 bits per heavy atom. The van der Waals surface area contributed by atoms with Gasteiger partial charge in [-0.1, -0.05) is 6.55 Å². The van der Waals surface area contributed by atoms with E-state index in [1.54, 1.807) is 0 Å². The van der Waals surface area contributed by atoms with Crippen LogP contribution >= 0.6 is 8.40 Å². The molecular weight excluding hydrogens is 122 g/mol. The summed E-state index contributed by atoms with van der Waals surface area (Å²) < 4.78 is 12.2. The van der Waals surface area contributed by atoms with E-state index in [1.807, 2.05) is 6.55 Å². The molecule has 1 aliphatic rings. The summed E-state index contributed by atoms with van der Waals surface area (Å²) in [4.78, 5) is -0.171. The minimum absolute atomic E-state index is 0.171. The Kier molecular flexibility index (Phi) is 1.22. The summed E-state index contributed by atoms with van der Waals surface area (Å²) in [5.74, 6) is 0. The Hall–Kier alpha value is 0.672. The zero-order valence-electron chi connectivity index (χ0n) is 5.14. The van der Waals surface area contributed by atoms with Crippen molar-refractivity contribution >= 4 is 25.5 Å². The van der Waals surface area contributed by atoms with Crippen molar-refractivity contribution in [2.45, 2.75) is 11.5 Å². The van der Waals surface area contributed by atoms with Crippen LogP contribution in [0.5, 0.6) is 0 Å². The summed E-state index contributed by atoms with van der Waals surface area (Å²) in [6.45, 7) is 2.75. The standard InChI is InChI=1S/C3H6BOPSi/c1-7-3(6-4)2-5-3/h6H,2H2,1H3/i6D. The molecule has 0 spiro atoms. The molecule has 0 aromatic carbocycles. The van der Waals surface area contributed by atoms with Crippen LogP contribution in [0, 0.1) is 0 Å². The molecule has 36 valence electrons. The van der Waals surface area contributed by atoms with E-state index in [9.17, 15) is 0 Å². The van der Waals surface area contributed by atoms with Crippen LogP contribution in [0.2, 0.25) is 6.55 Å². The lowest BCUT2D eigenvalue weighted by atomic mass is 10.8. The molecule has 1 nitrogen and oxygen atoms in total. The Morgan fingerprint density at radius 2 is 2.86 bits per heavy atom. The maximum absolute atomic E-state index is 7.17. The molecule has 1 fully saturated rings. The van der Waals surface area contributed by atoms with Gasteiger partial charge in [-0.2, -0.15) is 0 Å². The van der Waals surface area contributed by atoms with Crippen molar-refractivity contribution in [2.24, 2.45) is 0 Å². The number of rotatable bonds is 2. The molecule has 4 heteroatoms. The highest BCUT2D eigenvalue weighted by Crippen LogP contribution is 2.39. The predicted molar refractivity (Wildman–Crippen MR) is 34.4 cm³/mol. The summed E-state index contributed by atoms with van der Waals surface area (Å²) in [6.07, 6.45) is 0. The quantitative estimate of drug-likeness (QED) is 0.294. The largest absolute Gasteiger partial charge is 0.371 e. The van der Waals surface area contributed by atoms with Crippen molar-refractivity contribution in [1.82, 2.24) is 0 Å². The molecule has 4 radical (unpaired) electrons. The molecule has 2 atom stereocenters. The fourth-order valence-corrected chi connectivity index (χ4v) is 1.44. The molecule has 0 N–H and O–H groups in total.